The third-order valence-corrected chi connectivity index (χ3v) is 2.85. The monoisotopic (exact) mass is 229 g/mol. The van der Waals surface area contributed by atoms with Crippen LogP contribution in [0.25, 0.3) is 11.1 Å². The second-order valence-electron chi connectivity index (χ2n) is 4.39. The molecule has 0 saturated carbocycles. The summed E-state index contributed by atoms with van der Waals surface area (Å²) in [7, 11) is 3.94. The summed E-state index contributed by atoms with van der Waals surface area (Å²) in [5.41, 5.74) is 4.94. The van der Waals surface area contributed by atoms with Gasteiger partial charge in [-0.05, 0) is 19.5 Å². The number of aromatic nitrogens is 2. The van der Waals surface area contributed by atoms with Crippen LogP contribution in [-0.4, -0.2) is 23.4 Å². The van der Waals surface area contributed by atoms with Crippen molar-refractivity contribution in [2.75, 3.05) is 13.6 Å². The Morgan fingerprint density at radius 1 is 1.35 bits per heavy atom. The fraction of sp³-hybridized carbons (Fsp3) is 0.357. The Morgan fingerprint density at radius 3 is 2.88 bits per heavy atom. The molecule has 0 aliphatic carbocycles. The van der Waals surface area contributed by atoms with Crippen LogP contribution in [-0.2, 0) is 13.5 Å². The predicted octanol–water partition coefficient (Wildman–Crippen LogP) is 2.16. The van der Waals surface area contributed by atoms with Gasteiger partial charge in [0.05, 0.1) is 5.69 Å². The van der Waals surface area contributed by atoms with E-state index >= 15 is 0 Å². The first-order chi connectivity index (χ1) is 8.20. The van der Waals surface area contributed by atoms with Gasteiger partial charge in [-0.25, -0.2) is 0 Å². The standard InChI is InChI=1S/C14H19N3/c1-11-5-4-6-12(9-11)13-10-17(3)16-14(13)7-8-15-2/h4-6,9-10,15H,7-8H2,1-3H3. The molecule has 1 aromatic carbocycles. The third kappa shape index (κ3) is 2.74. The van der Waals surface area contributed by atoms with Crippen molar-refractivity contribution in [3.8, 4) is 11.1 Å². The molecule has 3 nitrogen and oxygen atoms in total. The minimum atomic E-state index is 0.954. The number of likely N-dealkylation sites (N-methyl/N-ethyl adjacent to an activating group) is 1. The van der Waals surface area contributed by atoms with Crippen molar-refractivity contribution in [3.63, 3.8) is 0 Å². The van der Waals surface area contributed by atoms with Gasteiger partial charge in [0.1, 0.15) is 0 Å². The molecule has 0 saturated heterocycles. The van der Waals surface area contributed by atoms with Gasteiger partial charge in [-0.15, -0.1) is 0 Å². The van der Waals surface area contributed by atoms with Crippen LogP contribution >= 0.6 is 0 Å². The van der Waals surface area contributed by atoms with Crippen LogP contribution in [0.4, 0.5) is 0 Å². The average Bonchev–Trinajstić information content (AvgIpc) is 2.68. The summed E-state index contributed by atoms with van der Waals surface area (Å²) in [6.45, 7) is 3.07. The maximum absolute atomic E-state index is 4.53. The van der Waals surface area contributed by atoms with E-state index in [2.05, 4.69) is 47.8 Å². The molecule has 0 bridgehead atoms. The smallest absolute Gasteiger partial charge is 0.0715 e. The molecule has 1 heterocycles. The Balaban J connectivity index is 2.37. The summed E-state index contributed by atoms with van der Waals surface area (Å²) >= 11 is 0. The van der Waals surface area contributed by atoms with Crippen LogP contribution in [0.2, 0.25) is 0 Å². The molecule has 2 aromatic rings. The summed E-state index contributed by atoms with van der Waals surface area (Å²) in [6.07, 6.45) is 3.06. The van der Waals surface area contributed by atoms with Gasteiger partial charge in [-0.1, -0.05) is 29.8 Å². The molecule has 0 atom stereocenters. The predicted molar refractivity (Wildman–Crippen MR) is 71.0 cm³/mol. The van der Waals surface area contributed by atoms with Crippen molar-refractivity contribution in [2.45, 2.75) is 13.3 Å². The molecule has 17 heavy (non-hydrogen) atoms. The van der Waals surface area contributed by atoms with E-state index in [4.69, 9.17) is 0 Å². The maximum Gasteiger partial charge on any atom is 0.0715 e. The maximum atomic E-state index is 4.53. The van der Waals surface area contributed by atoms with E-state index in [-0.39, 0.29) is 0 Å². The van der Waals surface area contributed by atoms with Crippen LogP contribution in [0.15, 0.2) is 30.5 Å². The van der Waals surface area contributed by atoms with E-state index in [9.17, 15) is 0 Å². The molecule has 0 radical (unpaired) electrons. The molecule has 3 heteroatoms. The third-order valence-electron chi connectivity index (χ3n) is 2.85. The highest BCUT2D eigenvalue weighted by Crippen LogP contribution is 2.23. The molecule has 2 rings (SSSR count). The van der Waals surface area contributed by atoms with Gasteiger partial charge in [-0.3, -0.25) is 4.68 Å². The molecular weight excluding hydrogens is 210 g/mol. The molecule has 0 fully saturated rings. The first-order valence-electron chi connectivity index (χ1n) is 5.95. The zero-order chi connectivity index (χ0) is 12.3. The highest BCUT2D eigenvalue weighted by Gasteiger charge is 2.09. The normalized spacial score (nSPS) is 10.8. The summed E-state index contributed by atoms with van der Waals surface area (Å²) in [6, 6.07) is 8.57. The van der Waals surface area contributed by atoms with Crippen molar-refractivity contribution in [1.29, 1.82) is 0 Å². The lowest BCUT2D eigenvalue weighted by Gasteiger charge is -2.03. The van der Waals surface area contributed by atoms with Crippen LogP contribution < -0.4 is 5.32 Å². The summed E-state index contributed by atoms with van der Waals surface area (Å²) in [4.78, 5) is 0. The van der Waals surface area contributed by atoms with E-state index in [1.165, 1.54) is 16.7 Å². The highest BCUT2D eigenvalue weighted by molar-refractivity contribution is 5.66. The molecule has 0 amide bonds. The number of hydrogen-bond acceptors (Lipinski definition) is 2. The lowest BCUT2D eigenvalue weighted by molar-refractivity contribution is 0.717. The minimum absolute atomic E-state index is 0.954. The van der Waals surface area contributed by atoms with Crippen molar-refractivity contribution < 1.29 is 0 Å². The molecule has 90 valence electrons. The second kappa shape index (κ2) is 5.15. The van der Waals surface area contributed by atoms with Crippen LogP contribution in [0.1, 0.15) is 11.3 Å². The molecule has 1 N–H and O–H groups in total. The summed E-state index contributed by atoms with van der Waals surface area (Å²) in [5, 5.41) is 7.70. The van der Waals surface area contributed by atoms with Gasteiger partial charge in [0, 0.05) is 31.8 Å². The molecule has 0 spiro atoms. The van der Waals surface area contributed by atoms with Crippen molar-refractivity contribution in [1.82, 2.24) is 15.1 Å². The van der Waals surface area contributed by atoms with Crippen LogP contribution in [0.5, 0.6) is 0 Å². The Bertz CT molecular complexity index is 500. The van der Waals surface area contributed by atoms with Gasteiger partial charge in [0.25, 0.3) is 0 Å². The first kappa shape index (κ1) is 11.9. The molecule has 0 aliphatic heterocycles. The zero-order valence-corrected chi connectivity index (χ0v) is 10.7. The van der Waals surface area contributed by atoms with Gasteiger partial charge >= 0.3 is 0 Å². The Morgan fingerprint density at radius 2 is 2.18 bits per heavy atom. The SMILES string of the molecule is CNCCc1nn(C)cc1-c1cccc(C)c1. The largest absolute Gasteiger partial charge is 0.319 e. The molecule has 0 aliphatic rings. The fourth-order valence-corrected chi connectivity index (χ4v) is 2.02. The summed E-state index contributed by atoms with van der Waals surface area (Å²) < 4.78 is 1.89. The number of nitrogens with zero attached hydrogens (tertiary/aromatic N) is 2. The molecule has 0 unspecified atom stereocenters. The van der Waals surface area contributed by atoms with E-state index in [1.54, 1.807) is 0 Å². The van der Waals surface area contributed by atoms with Crippen molar-refractivity contribution in [3.05, 3.63) is 41.7 Å². The Kier molecular flexibility index (Phi) is 3.59. The van der Waals surface area contributed by atoms with E-state index < -0.39 is 0 Å². The van der Waals surface area contributed by atoms with Crippen molar-refractivity contribution >= 4 is 0 Å². The summed E-state index contributed by atoms with van der Waals surface area (Å²) in [5.74, 6) is 0. The number of nitrogens with one attached hydrogen (secondary N) is 1. The topological polar surface area (TPSA) is 29.9 Å². The average molecular weight is 229 g/mol. The van der Waals surface area contributed by atoms with Gasteiger partial charge in [0.15, 0.2) is 0 Å². The number of hydrogen-bond donors (Lipinski definition) is 1. The number of rotatable bonds is 4. The second-order valence-corrected chi connectivity index (χ2v) is 4.39. The Labute approximate surface area is 102 Å². The van der Waals surface area contributed by atoms with E-state index in [0.29, 0.717) is 0 Å². The zero-order valence-electron chi connectivity index (χ0n) is 10.7. The van der Waals surface area contributed by atoms with Crippen LogP contribution in [0.3, 0.4) is 0 Å². The van der Waals surface area contributed by atoms with Crippen molar-refractivity contribution in [2.24, 2.45) is 7.05 Å². The van der Waals surface area contributed by atoms with E-state index in [0.717, 1.165) is 18.7 Å². The lowest BCUT2D eigenvalue weighted by atomic mass is 10.0. The number of aryl methyl sites for hydroxylation is 2. The van der Waals surface area contributed by atoms with Gasteiger partial charge in [0.2, 0.25) is 0 Å². The number of benzene rings is 1. The highest BCUT2D eigenvalue weighted by atomic mass is 15.3. The molecular formula is C14H19N3. The van der Waals surface area contributed by atoms with E-state index in [1.807, 2.05) is 18.8 Å². The minimum Gasteiger partial charge on any atom is -0.319 e. The Hall–Kier alpha value is -1.61. The van der Waals surface area contributed by atoms with Gasteiger partial charge < -0.3 is 5.32 Å². The molecule has 1 aromatic heterocycles. The lowest BCUT2D eigenvalue weighted by Crippen LogP contribution is -2.11. The fourth-order valence-electron chi connectivity index (χ4n) is 2.02. The van der Waals surface area contributed by atoms with Crippen LogP contribution in [0, 0.1) is 6.92 Å². The van der Waals surface area contributed by atoms with Gasteiger partial charge in [-0.2, -0.15) is 5.10 Å². The quantitative estimate of drug-likeness (QED) is 0.870. The first-order valence-corrected chi connectivity index (χ1v) is 5.95.